The topological polar surface area (TPSA) is 71.3 Å². The lowest BCUT2D eigenvalue weighted by atomic mass is 9.92. The molecule has 0 bridgehead atoms. The third kappa shape index (κ3) is 4.26. The lowest BCUT2D eigenvalue weighted by molar-refractivity contribution is 0.179. The Hall–Kier alpha value is -2.08. The second-order valence-electron chi connectivity index (χ2n) is 6.11. The summed E-state index contributed by atoms with van der Waals surface area (Å²) in [4.78, 5) is 18.4. The molecule has 1 aromatic carbocycles. The van der Waals surface area contributed by atoms with Gasteiger partial charge in [-0.05, 0) is 37.3 Å². The summed E-state index contributed by atoms with van der Waals surface area (Å²) in [6.45, 7) is 3.31. The lowest BCUT2D eigenvalue weighted by Crippen LogP contribution is -2.41. The van der Waals surface area contributed by atoms with Crippen LogP contribution < -0.4 is 5.32 Å². The predicted molar refractivity (Wildman–Crippen MR) is 92.1 cm³/mol. The smallest absolute Gasteiger partial charge is 0.321 e. The molecule has 128 valence electrons. The second kappa shape index (κ2) is 7.66. The minimum absolute atomic E-state index is 0.0876. The van der Waals surface area contributed by atoms with Crippen LogP contribution in [0.2, 0.25) is 5.02 Å². The number of para-hydroxylation sites is 1. The van der Waals surface area contributed by atoms with Crippen molar-refractivity contribution in [3.8, 4) is 0 Å². The summed E-state index contributed by atoms with van der Waals surface area (Å²) in [7, 11) is 0. The number of anilines is 1. The average molecular weight is 349 g/mol. The number of aromatic nitrogens is 2. The van der Waals surface area contributed by atoms with Gasteiger partial charge >= 0.3 is 6.03 Å². The van der Waals surface area contributed by atoms with Gasteiger partial charge in [-0.3, -0.25) is 0 Å². The minimum atomic E-state index is -0.0876. The largest absolute Gasteiger partial charge is 0.340 e. The van der Waals surface area contributed by atoms with Crippen LogP contribution in [0.1, 0.15) is 31.0 Å². The number of amides is 2. The number of benzene rings is 1. The van der Waals surface area contributed by atoms with Gasteiger partial charge in [0.2, 0.25) is 5.89 Å². The van der Waals surface area contributed by atoms with Crippen molar-refractivity contribution in [2.24, 2.45) is 5.92 Å². The Balaban J connectivity index is 1.44. The zero-order chi connectivity index (χ0) is 16.9. The van der Waals surface area contributed by atoms with Gasteiger partial charge in [0, 0.05) is 26.4 Å². The Bertz CT molecular complexity index is 695. The molecular weight excluding hydrogens is 328 g/mol. The van der Waals surface area contributed by atoms with Gasteiger partial charge in [-0.1, -0.05) is 28.9 Å². The molecule has 1 saturated heterocycles. The van der Waals surface area contributed by atoms with Gasteiger partial charge in [-0.2, -0.15) is 4.98 Å². The Morgan fingerprint density at radius 3 is 2.79 bits per heavy atom. The van der Waals surface area contributed by atoms with Gasteiger partial charge < -0.3 is 14.7 Å². The monoisotopic (exact) mass is 348 g/mol. The van der Waals surface area contributed by atoms with E-state index >= 15 is 0 Å². The fourth-order valence-corrected chi connectivity index (χ4v) is 3.14. The molecule has 1 fully saturated rings. The summed E-state index contributed by atoms with van der Waals surface area (Å²) < 4.78 is 4.99. The fraction of sp³-hybridized carbons (Fsp3) is 0.471. The standard InChI is InChI=1S/C17H21ClN4O2/c1-12-19-16(21-24-12)7-6-13-8-10-22(11-9-13)17(23)20-15-5-3-2-4-14(15)18/h2-5,13H,6-11H2,1H3,(H,20,23). The van der Waals surface area contributed by atoms with Crippen LogP contribution in [-0.4, -0.2) is 34.2 Å². The summed E-state index contributed by atoms with van der Waals surface area (Å²) in [5, 5.41) is 7.36. The Morgan fingerprint density at radius 1 is 1.38 bits per heavy atom. The van der Waals surface area contributed by atoms with Crippen molar-refractivity contribution in [3.05, 3.63) is 41.0 Å². The molecule has 0 spiro atoms. The van der Waals surface area contributed by atoms with Crippen molar-refractivity contribution in [1.82, 2.24) is 15.0 Å². The van der Waals surface area contributed by atoms with Gasteiger partial charge in [0.05, 0.1) is 10.7 Å². The molecule has 1 aliphatic rings. The summed E-state index contributed by atoms with van der Waals surface area (Å²) in [6.07, 6.45) is 3.84. The molecule has 7 heteroatoms. The van der Waals surface area contributed by atoms with Crippen molar-refractivity contribution in [3.63, 3.8) is 0 Å². The van der Waals surface area contributed by atoms with Crippen LogP contribution in [0.3, 0.4) is 0 Å². The van der Waals surface area contributed by atoms with Gasteiger partial charge in [-0.15, -0.1) is 0 Å². The minimum Gasteiger partial charge on any atom is -0.340 e. The first-order valence-corrected chi connectivity index (χ1v) is 8.59. The number of nitrogens with one attached hydrogen (secondary N) is 1. The van der Waals surface area contributed by atoms with Crippen molar-refractivity contribution in [2.45, 2.75) is 32.6 Å². The van der Waals surface area contributed by atoms with Crippen LogP contribution in [-0.2, 0) is 6.42 Å². The van der Waals surface area contributed by atoms with E-state index in [0.29, 0.717) is 22.5 Å². The number of hydrogen-bond acceptors (Lipinski definition) is 4. The molecule has 6 nitrogen and oxygen atoms in total. The number of likely N-dealkylation sites (tertiary alicyclic amines) is 1. The zero-order valence-electron chi connectivity index (χ0n) is 13.7. The van der Waals surface area contributed by atoms with Crippen LogP contribution in [0.25, 0.3) is 0 Å². The SMILES string of the molecule is Cc1nc(CCC2CCN(C(=O)Nc3ccccc3Cl)CC2)no1. The summed E-state index contributed by atoms with van der Waals surface area (Å²) in [6, 6.07) is 7.18. The zero-order valence-corrected chi connectivity index (χ0v) is 14.4. The van der Waals surface area contributed by atoms with Gasteiger partial charge in [0.15, 0.2) is 5.82 Å². The summed E-state index contributed by atoms with van der Waals surface area (Å²) >= 11 is 6.08. The van der Waals surface area contributed by atoms with Crippen molar-refractivity contribution in [1.29, 1.82) is 0 Å². The average Bonchev–Trinajstić information content (AvgIpc) is 3.01. The predicted octanol–water partition coefficient (Wildman–Crippen LogP) is 3.91. The van der Waals surface area contributed by atoms with E-state index in [-0.39, 0.29) is 6.03 Å². The Kier molecular flexibility index (Phi) is 5.35. The molecule has 0 saturated carbocycles. The van der Waals surface area contributed by atoms with Crippen LogP contribution in [0.5, 0.6) is 0 Å². The first kappa shape index (κ1) is 16.8. The lowest BCUT2D eigenvalue weighted by Gasteiger charge is -2.32. The highest BCUT2D eigenvalue weighted by Crippen LogP contribution is 2.24. The Morgan fingerprint density at radius 2 is 2.12 bits per heavy atom. The fourth-order valence-electron chi connectivity index (χ4n) is 2.96. The van der Waals surface area contributed by atoms with Gasteiger partial charge in [0.25, 0.3) is 0 Å². The number of nitrogens with zero attached hydrogens (tertiary/aromatic N) is 3. The molecular formula is C17H21ClN4O2. The third-order valence-electron chi connectivity index (χ3n) is 4.36. The maximum Gasteiger partial charge on any atom is 0.321 e. The molecule has 2 amide bonds. The summed E-state index contributed by atoms with van der Waals surface area (Å²) in [5.74, 6) is 1.97. The third-order valence-corrected chi connectivity index (χ3v) is 4.69. The van der Waals surface area contributed by atoms with Crippen LogP contribution in [0, 0.1) is 12.8 Å². The van der Waals surface area contributed by atoms with Gasteiger partial charge in [0.1, 0.15) is 0 Å². The van der Waals surface area contributed by atoms with E-state index in [4.69, 9.17) is 16.1 Å². The van der Waals surface area contributed by atoms with Crippen LogP contribution in [0.15, 0.2) is 28.8 Å². The first-order valence-electron chi connectivity index (χ1n) is 8.21. The van der Waals surface area contributed by atoms with E-state index in [2.05, 4.69) is 15.5 Å². The number of carbonyl (C=O) groups is 1. The highest BCUT2D eigenvalue weighted by Gasteiger charge is 2.23. The highest BCUT2D eigenvalue weighted by molar-refractivity contribution is 6.33. The molecule has 2 heterocycles. The molecule has 0 aliphatic carbocycles. The molecule has 0 atom stereocenters. The van der Waals surface area contributed by atoms with E-state index in [9.17, 15) is 4.79 Å². The molecule has 1 aliphatic heterocycles. The van der Waals surface area contributed by atoms with Crippen LogP contribution in [0.4, 0.5) is 10.5 Å². The van der Waals surface area contributed by atoms with Gasteiger partial charge in [-0.25, -0.2) is 4.79 Å². The van der Waals surface area contributed by atoms with E-state index in [1.807, 2.05) is 17.0 Å². The highest BCUT2D eigenvalue weighted by atomic mass is 35.5. The molecule has 0 radical (unpaired) electrons. The maximum atomic E-state index is 12.3. The van der Waals surface area contributed by atoms with Crippen molar-refractivity contribution < 1.29 is 9.32 Å². The molecule has 3 rings (SSSR count). The first-order chi connectivity index (χ1) is 11.6. The van der Waals surface area contributed by atoms with E-state index < -0.39 is 0 Å². The second-order valence-corrected chi connectivity index (χ2v) is 6.52. The normalized spacial score (nSPS) is 15.5. The van der Waals surface area contributed by atoms with E-state index in [1.54, 1.807) is 19.1 Å². The van der Waals surface area contributed by atoms with E-state index in [1.165, 1.54) is 0 Å². The van der Waals surface area contributed by atoms with E-state index in [0.717, 1.165) is 44.6 Å². The molecule has 0 unspecified atom stereocenters. The number of rotatable bonds is 4. The molecule has 1 N–H and O–H groups in total. The summed E-state index contributed by atoms with van der Waals surface area (Å²) in [5.41, 5.74) is 0.652. The van der Waals surface area contributed by atoms with Crippen LogP contribution >= 0.6 is 11.6 Å². The molecule has 2 aromatic rings. The number of hydrogen-bond donors (Lipinski definition) is 1. The van der Waals surface area contributed by atoms with Crippen molar-refractivity contribution in [2.75, 3.05) is 18.4 Å². The maximum absolute atomic E-state index is 12.3. The Labute approximate surface area is 146 Å². The molecule has 24 heavy (non-hydrogen) atoms. The number of carbonyl (C=O) groups excluding carboxylic acids is 1. The number of halogens is 1. The molecule has 1 aromatic heterocycles. The quantitative estimate of drug-likeness (QED) is 0.909. The number of piperidine rings is 1. The number of aryl methyl sites for hydroxylation is 2. The number of urea groups is 1. The van der Waals surface area contributed by atoms with Crippen molar-refractivity contribution >= 4 is 23.3 Å².